The summed E-state index contributed by atoms with van der Waals surface area (Å²) in [6.07, 6.45) is -1.40. The van der Waals surface area contributed by atoms with Crippen molar-refractivity contribution >= 4 is 5.91 Å². The van der Waals surface area contributed by atoms with Crippen molar-refractivity contribution in [2.24, 2.45) is 0 Å². The molecule has 6 heteroatoms. The molecule has 0 saturated heterocycles. The Morgan fingerprint density at radius 2 is 2.00 bits per heavy atom. The van der Waals surface area contributed by atoms with Gasteiger partial charge in [-0.25, -0.2) is 0 Å². The van der Waals surface area contributed by atoms with Crippen molar-refractivity contribution in [2.45, 2.75) is 51.5 Å². The summed E-state index contributed by atoms with van der Waals surface area (Å²) in [5, 5.41) is 15.8. The second kappa shape index (κ2) is 7.19. The molecule has 1 aliphatic rings. The molecule has 3 N–H and O–H groups in total. The van der Waals surface area contributed by atoms with E-state index in [1.165, 1.54) is 0 Å². The molecule has 2 rings (SSSR count). The van der Waals surface area contributed by atoms with Crippen LogP contribution in [0.25, 0.3) is 0 Å². The Kier molecular flexibility index (Phi) is 5.49. The summed E-state index contributed by atoms with van der Waals surface area (Å²) in [6.45, 7) is 8.33. The molecule has 128 valence electrons. The van der Waals surface area contributed by atoms with Gasteiger partial charge >= 0.3 is 0 Å². The van der Waals surface area contributed by atoms with E-state index in [0.717, 1.165) is 0 Å². The van der Waals surface area contributed by atoms with Gasteiger partial charge in [0.2, 0.25) is 0 Å². The Morgan fingerprint density at radius 1 is 1.35 bits per heavy atom. The smallest absolute Gasteiger partial charge is 0.250 e. The fourth-order valence-corrected chi connectivity index (χ4v) is 2.19. The zero-order valence-electron chi connectivity index (χ0n) is 14.1. The molecule has 0 bridgehead atoms. The van der Waals surface area contributed by atoms with Gasteiger partial charge in [-0.2, -0.15) is 0 Å². The summed E-state index contributed by atoms with van der Waals surface area (Å²) in [4.78, 5) is 12.1. The highest BCUT2D eigenvalue weighted by atomic mass is 16.6. The van der Waals surface area contributed by atoms with Crippen LogP contribution in [-0.4, -0.2) is 48.0 Å². The van der Waals surface area contributed by atoms with Crippen LogP contribution in [0.5, 0.6) is 11.5 Å². The highest BCUT2D eigenvalue weighted by molar-refractivity contribution is 5.81. The number of amides is 1. The van der Waals surface area contributed by atoms with E-state index in [1.54, 1.807) is 0 Å². The normalized spacial score (nSPS) is 19.8. The van der Waals surface area contributed by atoms with Crippen LogP contribution in [-0.2, 0) is 4.79 Å². The molecule has 6 nitrogen and oxygen atoms in total. The molecule has 1 amide bonds. The van der Waals surface area contributed by atoms with Gasteiger partial charge in [-0.1, -0.05) is 12.1 Å². The first kappa shape index (κ1) is 17.6. The lowest BCUT2D eigenvalue weighted by Crippen LogP contribution is -2.53. The minimum atomic E-state index is -1.10. The van der Waals surface area contributed by atoms with E-state index in [0.29, 0.717) is 18.1 Å². The van der Waals surface area contributed by atoms with Crippen LogP contribution < -0.4 is 20.1 Å². The first-order valence-corrected chi connectivity index (χ1v) is 7.88. The van der Waals surface area contributed by atoms with Gasteiger partial charge in [0.15, 0.2) is 17.6 Å². The molecule has 0 spiro atoms. The fraction of sp³-hybridized carbons (Fsp3) is 0.588. The quantitative estimate of drug-likeness (QED) is 0.756. The zero-order valence-corrected chi connectivity index (χ0v) is 14.1. The largest absolute Gasteiger partial charge is 0.486 e. The number of aliphatic hydroxyl groups excluding tert-OH is 1. The Balaban J connectivity index is 1.85. The molecule has 23 heavy (non-hydrogen) atoms. The number of carbonyl (C=O) groups is 1. The van der Waals surface area contributed by atoms with Crippen molar-refractivity contribution in [1.82, 2.24) is 10.6 Å². The first-order chi connectivity index (χ1) is 10.8. The number of β-amino-alcohol motifs (C(OH)–C–C–N with tert-alkyl or cyclic N) is 1. The molecule has 0 saturated carbocycles. The predicted octanol–water partition coefficient (Wildman–Crippen LogP) is 1.08. The van der Waals surface area contributed by atoms with Crippen molar-refractivity contribution in [3.63, 3.8) is 0 Å². The van der Waals surface area contributed by atoms with E-state index in [9.17, 15) is 9.90 Å². The summed E-state index contributed by atoms with van der Waals surface area (Å²) < 4.78 is 11.5. The van der Waals surface area contributed by atoms with E-state index in [2.05, 4.69) is 10.6 Å². The number of ether oxygens (including phenoxy) is 2. The highest BCUT2D eigenvalue weighted by Crippen LogP contribution is 2.31. The maximum atomic E-state index is 12.1. The number of benzene rings is 1. The number of hydrogen-bond donors (Lipinski definition) is 3. The molecule has 3 atom stereocenters. The Labute approximate surface area is 137 Å². The SMILES string of the molecule is CC(NC(=O)C(O)CNC(C)(C)C)C1COc2ccccc2O1. The summed E-state index contributed by atoms with van der Waals surface area (Å²) in [7, 11) is 0. The van der Waals surface area contributed by atoms with Crippen LogP contribution in [0.15, 0.2) is 24.3 Å². The second-order valence-corrected chi connectivity index (χ2v) is 6.86. The molecule has 0 fully saturated rings. The molecule has 1 aromatic rings. The Morgan fingerprint density at radius 3 is 2.65 bits per heavy atom. The van der Waals surface area contributed by atoms with Crippen molar-refractivity contribution in [1.29, 1.82) is 0 Å². The van der Waals surface area contributed by atoms with E-state index >= 15 is 0 Å². The van der Waals surface area contributed by atoms with E-state index in [4.69, 9.17) is 9.47 Å². The van der Waals surface area contributed by atoms with Gasteiger partial charge in [-0.3, -0.25) is 4.79 Å². The van der Waals surface area contributed by atoms with Crippen LogP contribution in [0.1, 0.15) is 27.7 Å². The highest BCUT2D eigenvalue weighted by Gasteiger charge is 2.28. The van der Waals surface area contributed by atoms with Crippen molar-refractivity contribution in [2.75, 3.05) is 13.2 Å². The Hall–Kier alpha value is -1.79. The molecular formula is C17H26N2O4. The number of para-hydroxylation sites is 2. The van der Waals surface area contributed by atoms with Crippen LogP contribution in [0.4, 0.5) is 0 Å². The van der Waals surface area contributed by atoms with E-state index in [1.807, 2.05) is 52.0 Å². The monoisotopic (exact) mass is 322 g/mol. The van der Waals surface area contributed by atoms with Crippen LogP contribution in [0.3, 0.4) is 0 Å². The van der Waals surface area contributed by atoms with Crippen molar-refractivity contribution < 1.29 is 19.4 Å². The maximum absolute atomic E-state index is 12.1. The minimum Gasteiger partial charge on any atom is -0.486 e. The molecule has 0 aromatic heterocycles. The summed E-state index contributed by atoms with van der Waals surface area (Å²) in [5.74, 6) is 0.952. The number of fused-ring (bicyclic) bond motifs is 1. The van der Waals surface area contributed by atoms with Crippen LogP contribution >= 0.6 is 0 Å². The Bertz CT molecular complexity index is 542. The average Bonchev–Trinajstić information content (AvgIpc) is 2.51. The standard InChI is InChI=1S/C17H26N2O4/c1-11(19-16(21)12(20)9-18-17(2,3)4)15-10-22-13-7-5-6-8-14(13)23-15/h5-8,11-12,15,18,20H,9-10H2,1-4H3,(H,19,21). The molecule has 1 aromatic carbocycles. The van der Waals surface area contributed by atoms with Crippen molar-refractivity contribution in [3.05, 3.63) is 24.3 Å². The van der Waals surface area contributed by atoms with Gasteiger partial charge in [-0.05, 0) is 39.8 Å². The predicted molar refractivity (Wildman–Crippen MR) is 87.7 cm³/mol. The number of carbonyl (C=O) groups excluding carboxylic acids is 1. The molecule has 0 aliphatic carbocycles. The zero-order chi connectivity index (χ0) is 17.0. The molecular weight excluding hydrogens is 296 g/mol. The fourth-order valence-electron chi connectivity index (χ4n) is 2.19. The third-order valence-corrected chi connectivity index (χ3v) is 3.59. The van der Waals surface area contributed by atoms with Gasteiger partial charge in [-0.15, -0.1) is 0 Å². The maximum Gasteiger partial charge on any atom is 0.250 e. The lowest BCUT2D eigenvalue weighted by molar-refractivity contribution is -0.130. The van der Waals surface area contributed by atoms with Crippen LogP contribution in [0, 0.1) is 0 Å². The first-order valence-electron chi connectivity index (χ1n) is 7.88. The molecule has 1 aliphatic heterocycles. The summed E-state index contributed by atoms with van der Waals surface area (Å²) in [5.41, 5.74) is -0.156. The third-order valence-electron chi connectivity index (χ3n) is 3.59. The molecule has 1 heterocycles. The average molecular weight is 322 g/mol. The number of nitrogens with one attached hydrogen (secondary N) is 2. The lowest BCUT2D eigenvalue weighted by Gasteiger charge is -2.31. The van der Waals surface area contributed by atoms with Crippen LogP contribution in [0.2, 0.25) is 0 Å². The number of rotatable bonds is 5. The molecule has 3 unspecified atom stereocenters. The van der Waals surface area contributed by atoms with Gasteiger partial charge in [0, 0.05) is 12.1 Å². The van der Waals surface area contributed by atoms with Gasteiger partial charge in [0.25, 0.3) is 5.91 Å². The summed E-state index contributed by atoms with van der Waals surface area (Å²) in [6, 6.07) is 7.15. The molecule has 0 radical (unpaired) electrons. The minimum absolute atomic E-state index is 0.156. The third kappa shape index (κ3) is 5.11. The van der Waals surface area contributed by atoms with Gasteiger partial charge in [0.1, 0.15) is 12.7 Å². The van der Waals surface area contributed by atoms with Gasteiger partial charge < -0.3 is 25.2 Å². The topological polar surface area (TPSA) is 79.8 Å². The number of hydrogen-bond acceptors (Lipinski definition) is 5. The van der Waals surface area contributed by atoms with E-state index in [-0.39, 0.29) is 24.2 Å². The summed E-state index contributed by atoms with van der Waals surface area (Å²) >= 11 is 0. The van der Waals surface area contributed by atoms with E-state index < -0.39 is 12.0 Å². The second-order valence-electron chi connectivity index (χ2n) is 6.86. The lowest BCUT2D eigenvalue weighted by atomic mass is 10.1. The van der Waals surface area contributed by atoms with Gasteiger partial charge in [0.05, 0.1) is 6.04 Å². The number of aliphatic hydroxyl groups is 1. The van der Waals surface area contributed by atoms with Crippen molar-refractivity contribution in [3.8, 4) is 11.5 Å².